The Morgan fingerprint density at radius 1 is 0.821 bits per heavy atom. The number of nitrogens with zero attached hydrogens (tertiary/aromatic N) is 1. The molecule has 2 unspecified atom stereocenters. The van der Waals surface area contributed by atoms with E-state index in [9.17, 15) is 8.42 Å². The summed E-state index contributed by atoms with van der Waals surface area (Å²) in [7, 11) is 0.736. The zero-order chi connectivity index (χ0) is 20.6. The first-order valence-corrected chi connectivity index (χ1v) is 12.2. The molecule has 0 saturated heterocycles. The molecule has 0 radical (unpaired) electrons. The van der Waals surface area contributed by atoms with Crippen molar-refractivity contribution in [3.63, 3.8) is 0 Å². The summed E-state index contributed by atoms with van der Waals surface area (Å²) in [4.78, 5) is 0.171. The molecule has 0 aliphatic carbocycles. The molecule has 28 heavy (non-hydrogen) atoms. The fourth-order valence-corrected chi connectivity index (χ4v) is 3.92. The Morgan fingerprint density at radius 3 is 1.79 bits per heavy atom. The molecule has 0 fully saturated rings. The Bertz CT molecular complexity index is 953. The third-order valence-corrected chi connectivity index (χ3v) is 5.61. The van der Waals surface area contributed by atoms with Crippen LogP contribution in [-0.2, 0) is 27.3 Å². The second kappa shape index (κ2) is 10.8. The van der Waals surface area contributed by atoms with Crippen molar-refractivity contribution in [1.29, 1.82) is 0 Å². The number of nitrogens with two attached hydrogens (primary N) is 1. The molecule has 0 aromatic heterocycles. The van der Waals surface area contributed by atoms with Gasteiger partial charge in [-0.3, -0.25) is 0 Å². The van der Waals surface area contributed by atoms with Crippen molar-refractivity contribution in [2.45, 2.75) is 23.9 Å². The Balaban J connectivity index is 0.00000136. The summed E-state index contributed by atoms with van der Waals surface area (Å²) >= 11 is 1.82. The van der Waals surface area contributed by atoms with Crippen molar-refractivity contribution in [3.8, 4) is 0 Å². The summed E-state index contributed by atoms with van der Waals surface area (Å²) in [6.07, 6.45) is 0. The van der Waals surface area contributed by atoms with E-state index < -0.39 is 22.1 Å². The monoisotopic (exact) mass is 502 g/mol. The van der Waals surface area contributed by atoms with E-state index in [-0.39, 0.29) is 4.90 Å². The van der Waals surface area contributed by atoms with Gasteiger partial charge in [0.2, 0.25) is 0 Å². The van der Waals surface area contributed by atoms with Gasteiger partial charge in [0, 0.05) is 10.9 Å². The molecule has 0 saturated carbocycles. The van der Waals surface area contributed by atoms with Gasteiger partial charge in [0.1, 0.15) is 10.0 Å². The topological polar surface area (TPSA) is 74.3 Å². The average molecular weight is 502 g/mol. The predicted octanol–water partition coefficient (Wildman–Crippen LogP) is 5.19. The number of aryl methyl sites for hydroxylation is 1. The van der Waals surface area contributed by atoms with Gasteiger partial charge in [0.25, 0.3) is 0 Å². The SMILES string of the molecule is Cc1ccc(S(=O)(=O)[N-]C(c2ccccc2)C(N)c2ccccc2)cc1.[Cl][Ru+]. The van der Waals surface area contributed by atoms with Gasteiger partial charge in [-0.1, -0.05) is 90.0 Å². The molecule has 0 amide bonds. The molecular formula is C21H21ClN2O2RuS. The zero-order valence-corrected chi connectivity index (χ0v) is 18.5. The van der Waals surface area contributed by atoms with Gasteiger partial charge in [0.15, 0.2) is 0 Å². The summed E-state index contributed by atoms with van der Waals surface area (Å²) in [5, 5.41) is 0. The van der Waals surface area contributed by atoms with E-state index in [4.69, 9.17) is 5.73 Å². The molecular weight excluding hydrogens is 481 g/mol. The maximum atomic E-state index is 12.8. The van der Waals surface area contributed by atoms with Crippen LogP contribution in [0.5, 0.6) is 0 Å². The molecule has 7 heteroatoms. The molecule has 3 aromatic carbocycles. The summed E-state index contributed by atoms with van der Waals surface area (Å²) in [6.45, 7) is 1.91. The molecule has 0 spiro atoms. The van der Waals surface area contributed by atoms with Crippen LogP contribution in [0, 0.1) is 6.92 Å². The summed E-state index contributed by atoms with van der Waals surface area (Å²) in [5.41, 5.74) is 9.01. The molecule has 3 rings (SSSR count). The average Bonchev–Trinajstić information content (AvgIpc) is 2.74. The molecule has 2 N–H and O–H groups in total. The van der Waals surface area contributed by atoms with E-state index in [1.807, 2.05) is 84.9 Å². The van der Waals surface area contributed by atoms with E-state index in [1.165, 1.54) is 0 Å². The van der Waals surface area contributed by atoms with E-state index in [1.54, 1.807) is 24.3 Å². The Morgan fingerprint density at radius 2 is 1.29 bits per heavy atom. The number of halogens is 1. The molecule has 148 valence electrons. The van der Waals surface area contributed by atoms with Gasteiger partial charge < -0.3 is 10.5 Å². The van der Waals surface area contributed by atoms with Crippen LogP contribution in [0.2, 0.25) is 0 Å². The first-order valence-electron chi connectivity index (χ1n) is 8.50. The van der Waals surface area contributed by atoms with E-state index >= 15 is 0 Å². The third-order valence-electron chi connectivity index (χ3n) is 4.24. The van der Waals surface area contributed by atoms with Crippen LogP contribution in [0.1, 0.15) is 28.8 Å². The Labute approximate surface area is 180 Å². The van der Waals surface area contributed by atoms with E-state index in [0.717, 1.165) is 16.7 Å². The van der Waals surface area contributed by atoms with Crippen LogP contribution in [0.3, 0.4) is 0 Å². The summed E-state index contributed by atoms with van der Waals surface area (Å²) < 4.78 is 29.9. The van der Waals surface area contributed by atoms with Crippen LogP contribution in [0.15, 0.2) is 89.8 Å². The van der Waals surface area contributed by atoms with Crippen molar-refractivity contribution < 1.29 is 25.7 Å². The summed E-state index contributed by atoms with van der Waals surface area (Å²) in [5.74, 6) is 0. The van der Waals surface area contributed by atoms with Gasteiger partial charge >= 0.3 is 27.0 Å². The van der Waals surface area contributed by atoms with Gasteiger partial charge in [-0.2, -0.15) is 0 Å². The van der Waals surface area contributed by atoms with Crippen LogP contribution < -0.4 is 5.73 Å². The van der Waals surface area contributed by atoms with Crippen LogP contribution in [0.4, 0.5) is 0 Å². The normalized spacial score (nSPS) is 13.1. The Kier molecular flexibility index (Phi) is 8.80. The number of hydrogen-bond donors (Lipinski definition) is 1. The molecule has 4 nitrogen and oxygen atoms in total. The first kappa shape index (κ1) is 22.7. The van der Waals surface area contributed by atoms with Crippen LogP contribution in [-0.4, -0.2) is 8.42 Å². The van der Waals surface area contributed by atoms with Gasteiger partial charge in [-0.05, 0) is 24.6 Å². The van der Waals surface area contributed by atoms with Gasteiger partial charge in [-0.25, -0.2) is 8.42 Å². The van der Waals surface area contributed by atoms with Crippen LogP contribution >= 0.6 is 9.69 Å². The third kappa shape index (κ3) is 5.97. The molecule has 0 heterocycles. The zero-order valence-electron chi connectivity index (χ0n) is 15.2. The minimum atomic E-state index is -3.83. The molecule has 0 aliphatic rings. The quantitative estimate of drug-likeness (QED) is 0.472. The van der Waals surface area contributed by atoms with Crippen LogP contribution in [0.25, 0.3) is 4.72 Å². The molecule has 0 aliphatic heterocycles. The predicted molar refractivity (Wildman–Crippen MR) is 110 cm³/mol. The molecule has 3 aromatic rings. The van der Waals surface area contributed by atoms with Crippen molar-refractivity contribution in [2.24, 2.45) is 5.73 Å². The first-order chi connectivity index (χ1) is 13.5. The second-order valence-electron chi connectivity index (χ2n) is 6.19. The fourth-order valence-electron chi connectivity index (χ4n) is 2.76. The van der Waals surface area contributed by atoms with Crippen molar-refractivity contribution in [1.82, 2.24) is 0 Å². The van der Waals surface area contributed by atoms with Gasteiger partial charge in [0.05, 0.1) is 0 Å². The van der Waals surface area contributed by atoms with Crippen molar-refractivity contribution in [3.05, 3.63) is 106 Å². The van der Waals surface area contributed by atoms with Crippen molar-refractivity contribution in [2.75, 3.05) is 0 Å². The summed E-state index contributed by atoms with van der Waals surface area (Å²) in [6, 6.07) is 24.1. The molecule has 2 atom stereocenters. The maximum absolute atomic E-state index is 12.8. The number of benzene rings is 3. The van der Waals surface area contributed by atoms with Gasteiger partial charge in [-0.15, -0.1) is 0 Å². The number of hydrogen-bond acceptors (Lipinski definition) is 3. The molecule has 0 bridgehead atoms. The number of sulfonamides is 1. The van der Waals surface area contributed by atoms with E-state index in [0.29, 0.717) is 0 Å². The Hall–Kier alpha value is -1.56. The standard InChI is InChI=1S/C21H21N2O2S.ClH.Ru/c1-16-12-14-19(15-13-16)26(24,25)23-21(18-10-6-3-7-11-18)20(22)17-8-4-2-5-9-17;;/h2-15,20-21H,22H2,1H3;1H;/q-1;;+2/p-1. The second-order valence-corrected chi connectivity index (χ2v) is 7.82. The van der Waals surface area contributed by atoms with E-state index in [2.05, 4.69) is 14.4 Å². The minimum absolute atomic E-state index is 0.171. The fraction of sp³-hybridized carbons (Fsp3) is 0.143. The van der Waals surface area contributed by atoms with Crippen molar-refractivity contribution >= 4 is 19.7 Å². The number of rotatable bonds is 6.